The van der Waals surface area contributed by atoms with E-state index >= 15 is 0 Å². The minimum atomic E-state index is -0.364. The highest BCUT2D eigenvalue weighted by molar-refractivity contribution is 5.94. The molecular formula is C18H27NO3. The number of carbonyl (C=O) groups is 2. The Hall–Kier alpha value is -1.84. The third-order valence-electron chi connectivity index (χ3n) is 3.45. The van der Waals surface area contributed by atoms with Crippen LogP contribution in [-0.2, 0) is 14.3 Å². The smallest absolute Gasteiger partial charge is 0.308 e. The monoisotopic (exact) mass is 305 g/mol. The van der Waals surface area contributed by atoms with Gasteiger partial charge in [0.25, 0.3) is 5.91 Å². The molecule has 22 heavy (non-hydrogen) atoms. The van der Waals surface area contributed by atoms with Crippen LogP contribution in [0.15, 0.2) is 18.2 Å². The zero-order valence-electron chi connectivity index (χ0n) is 14.4. The molecule has 0 aromatic heterocycles. The SMILES string of the molecule is CC(C)C(=O)OCC(=O)Nc1c(C(C)C)cccc1C(C)C. The third kappa shape index (κ3) is 4.86. The number of nitrogens with one attached hydrogen (secondary N) is 1. The summed E-state index contributed by atoms with van der Waals surface area (Å²) in [7, 11) is 0. The number of anilines is 1. The Kier molecular flexibility index (Phi) is 6.60. The van der Waals surface area contributed by atoms with Gasteiger partial charge in [-0.15, -0.1) is 0 Å². The average Bonchev–Trinajstić information content (AvgIpc) is 2.44. The molecule has 0 aliphatic rings. The summed E-state index contributed by atoms with van der Waals surface area (Å²) < 4.78 is 4.99. The highest BCUT2D eigenvalue weighted by Gasteiger charge is 2.17. The predicted octanol–water partition coefficient (Wildman–Crippen LogP) is 4.07. The Morgan fingerprint density at radius 1 is 1.00 bits per heavy atom. The van der Waals surface area contributed by atoms with Crippen LogP contribution in [0.5, 0.6) is 0 Å². The van der Waals surface area contributed by atoms with Crippen molar-refractivity contribution in [2.75, 3.05) is 11.9 Å². The fraction of sp³-hybridized carbons (Fsp3) is 0.556. The highest BCUT2D eigenvalue weighted by atomic mass is 16.5. The van der Waals surface area contributed by atoms with Gasteiger partial charge in [0.05, 0.1) is 5.92 Å². The van der Waals surface area contributed by atoms with E-state index in [1.54, 1.807) is 13.8 Å². The second-order valence-corrected chi connectivity index (χ2v) is 6.43. The molecule has 0 spiro atoms. The van der Waals surface area contributed by atoms with E-state index in [1.807, 2.05) is 18.2 Å². The lowest BCUT2D eigenvalue weighted by Gasteiger charge is -2.20. The number of benzene rings is 1. The highest BCUT2D eigenvalue weighted by Crippen LogP contribution is 2.32. The molecule has 0 unspecified atom stereocenters. The van der Waals surface area contributed by atoms with E-state index in [4.69, 9.17) is 4.74 Å². The molecule has 0 saturated carbocycles. The number of carbonyl (C=O) groups excluding carboxylic acids is 2. The minimum Gasteiger partial charge on any atom is -0.455 e. The number of hydrogen-bond acceptors (Lipinski definition) is 3. The normalized spacial score (nSPS) is 11.1. The minimum absolute atomic E-state index is 0.234. The lowest BCUT2D eigenvalue weighted by Crippen LogP contribution is -2.24. The van der Waals surface area contributed by atoms with Gasteiger partial charge in [-0.05, 0) is 23.0 Å². The molecule has 0 saturated heterocycles. The molecule has 4 heteroatoms. The fourth-order valence-electron chi connectivity index (χ4n) is 2.17. The van der Waals surface area contributed by atoms with Gasteiger partial charge in [-0.3, -0.25) is 9.59 Å². The van der Waals surface area contributed by atoms with Crippen molar-refractivity contribution in [1.29, 1.82) is 0 Å². The molecule has 4 nitrogen and oxygen atoms in total. The Bertz CT molecular complexity index is 507. The molecular weight excluding hydrogens is 278 g/mol. The first-order chi connectivity index (χ1) is 10.2. The third-order valence-corrected chi connectivity index (χ3v) is 3.45. The summed E-state index contributed by atoms with van der Waals surface area (Å²) in [4.78, 5) is 23.5. The first kappa shape index (κ1) is 18.2. The molecule has 0 heterocycles. The van der Waals surface area contributed by atoms with E-state index < -0.39 is 0 Å². The second kappa shape index (κ2) is 7.97. The number of para-hydroxylation sites is 1. The number of esters is 1. The topological polar surface area (TPSA) is 55.4 Å². The molecule has 0 bridgehead atoms. The van der Waals surface area contributed by atoms with E-state index in [2.05, 4.69) is 33.0 Å². The van der Waals surface area contributed by atoms with Crippen molar-refractivity contribution in [3.63, 3.8) is 0 Å². The van der Waals surface area contributed by atoms with Gasteiger partial charge in [-0.1, -0.05) is 59.7 Å². The van der Waals surface area contributed by atoms with Gasteiger partial charge in [0, 0.05) is 5.69 Å². The molecule has 0 aliphatic heterocycles. The van der Waals surface area contributed by atoms with Crippen molar-refractivity contribution >= 4 is 17.6 Å². The zero-order valence-corrected chi connectivity index (χ0v) is 14.4. The van der Waals surface area contributed by atoms with Crippen LogP contribution in [0.3, 0.4) is 0 Å². The lowest BCUT2D eigenvalue weighted by atomic mass is 9.92. The standard InChI is InChI=1S/C18H27NO3/c1-11(2)14-8-7-9-15(12(3)4)17(14)19-16(20)10-22-18(21)13(5)6/h7-9,11-13H,10H2,1-6H3,(H,19,20). The van der Waals surface area contributed by atoms with Gasteiger partial charge in [-0.25, -0.2) is 0 Å². The first-order valence-corrected chi connectivity index (χ1v) is 7.83. The Morgan fingerprint density at radius 3 is 1.91 bits per heavy atom. The van der Waals surface area contributed by atoms with Crippen LogP contribution in [0.4, 0.5) is 5.69 Å². The number of ether oxygens (including phenoxy) is 1. The summed E-state index contributed by atoms with van der Waals surface area (Å²) in [6.45, 7) is 11.6. The van der Waals surface area contributed by atoms with Crippen LogP contribution in [0.25, 0.3) is 0 Å². The van der Waals surface area contributed by atoms with Gasteiger partial charge < -0.3 is 10.1 Å². The molecule has 0 atom stereocenters. The van der Waals surface area contributed by atoms with E-state index in [-0.39, 0.29) is 24.4 Å². The van der Waals surface area contributed by atoms with Crippen molar-refractivity contribution in [1.82, 2.24) is 0 Å². The van der Waals surface area contributed by atoms with Gasteiger partial charge in [0.2, 0.25) is 0 Å². The van der Waals surface area contributed by atoms with Crippen molar-refractivity contribution in [2.24, 2.45) is 5.92 Å². The van der Waals surface area contributed by atoms with Crippen molar-refractivity contribution < 1.29 is 14.3 Å². The molecule has 1 amide bonds. The van der Waals surface area contributed by atoms with Crippen LogP contribution < -0.4 is 5.32 Å². The van der Waals surface area contributed by atoms with E-state index in [9.17, 15) is 9.59 Å². The summed E-state index contributed by atoms with van der Waals surface area (Å²) >= 11 is 0. The maximum Gasteiger partial charge on any atom is 0.308 e. The summed E-state index contributed by atoms with van der Waals surface area (Å²) in [5.41, 5.74) is 3.03. The summed E-state index contributed by atoms with van der Waals surface area (Å²) in [6, 6.07) is 6.05. The number of amides is 1. The molecule has 1 rings (SSSR count). The van der Waals surface area contributed by atoms with Gasteiger partial charge in [0.15, 0.2) is 6.61 Å². The van der Waals surface area contributed by atoms with Crippen molar-refractivity contribution in [3.8, 4) is 0 Å². The van der Waals surface area contributed by atoms with Crippen LogP contribution in [0.1, 0.15) is 64.5 Å². The number of hydrogen-bond donors (Lipinski definition) is 1. The molecule has 0 aliphatic carbocycles. The quantitative estimate of drug-likeness (QED) is 0.806. The van der Waals surface area contributed by atoms with Crippen molar-refractivity contribution in [2.45, 2.75) is 53.4 Å². The van der Waals surface area contributed by atoms with Gasteiger partial charge >= 0.3 is 5.97 Å². The fourth-order valence-corrected chi connectivity index (χ4v) is 2.17. The van der Waals surface area contributed by atoms with Crippen LogP contribution in [-0.4, -0.2) is 18.5 Å². The zero-order chi connectivity index (χ0) is 16.9. The van der Waals surface area contributed by atoms with Crippen molar-refractivity contribution in [3.05, 3.63) is 29.3 Å². The summed E-state index contributed by atoms with van der Waals surface area (Å²) in [6.07, 6.45) is 0. The Morgan fingerprint density at radius 2 is 1.50 bits per heavy atom. The summed E-state index contributed by atoms with van der Waals surface area (Å²) in [5, 5.41) is 2.92. The van der Waals surface area contributed by atoms with E-state index in [0.29, 0.717) is 11.8 Å². The Balaban J connectivity index is 2.91. The number of rotatable bonds is 6. The molecule has 122 valence electrons. The van der Waals surface area contributed by atoms with Crippen LogP contribution in [0.2, 0.25) is 0 Å². The first-order valence-electron chi connectivity index (χ1n) is 7.83. The lowest BCUT2D eigenvalue weighted by molar-refractivity contribution is -0.150. The summed E-state index contributed by atoms with van der Waals surface area (Å²) in [5.74, 6) is -0.304. The average molecular weight is 305 g/mol. The molecule has 0 fully saturated rings. The Labute approximate surface area is 133 Å². The largest absolute Gasteiger partial charge is 0.455 e. The van der Waals surface area contributed by atoms with E-state index in [0.717, 1.165) is 16.8 Å². The molecule has 1 aromatic rings. The molecule has 1 aromatic carbocycles. The maximum absolute atomic E-state index is 12.1. The second-order valence-electron chi connectivity index (χ2n) is 6.43. The molecule has 0 radical (unpaired) electrons. The van der Waals surface area contributed by atoms with Gasteiger partial charge in [0.1, 0.15) is 0 Å². The maximum atomic E-state index is 12.1. The van der Waals surface area contributed by atoms with Gasteiger partial charge in [-0.2, -0.15) is 0 Å². The predicted molar refractivity (Wildman–Crippen MR) is 89.0 cm³/mol. The van der Waals surface area contributed by atoms with E-state index in [1.165, 1.54) is 0 Å². The molecule has 1 N–H and O–H groups in total. The van der Waals surface area contributed by atoms with Crippen LogP contribution >= 0.6 is 0 Å². The van der Waals surface area contributed by atoms with Crippen LogP contribution in [0, 0.1) is 5.92 Å².